The number of carbonyl (C=O) groups excluding carboxylic acids is 2. The summed E-state index contributed by atoms with van der Waals surface area (Å²) in [6.45, 7) is -0.408. The number of ether oxygens (including phenoxy) is 1. The first-order valence-corrected chi connectivity index (χ1v) is 12.9. The number of benzene rings is 4. The van der Waals surface area contributed by atoms with Crippen LogP contribution in [0.2, 0.25) is 0 Å². The highest BCUT2D eigenvalue weighted by molar-refractivity contribution is 6.01. The Morgan fingerprint density at radius 1 is 0.775 bits per heavy atom. The Bertz CT molecular complexity index is 1530. The zero-order valence-corrected chi connectivity index (χ0v) is 21.5. The Morgan fingerprint density at radius 2 is 1.35 bits per heavy atom. The number of hydrogen-bond donors (Lipinski definition) is 1. The largest absolute Gasteiger partial charge is 0.484 e. The van der Waals surface area contributed by atoms with Crippen molar-refractivity contribution in [2.45, 2.75) is 18.0 Å². The smallest absolute Gasteiger partial charge is 0.327 e. The molecule has 7 heteroatoms. The molecule has 40 heavy (non-hydrogen) atoms. The Kier molecular flexibility index (Phi) is 7.70. The third-order valence-corrected chi connectivity index (χ3v) is 7.24. The van der Waals surface area contributed by atoms with E-state index in [-0.39, 0.29) is 5.78 Å². The second-order valence-electron chi connectivity index (χ2n) is 9.56. The number of carboxylic acid groups (broad SMARTS) is 1. The fourth-order valence-electron chi connectivity index (χ4n) is 5.52. The summed E-state index contributed by atoms with van der Waals surface area (Å²) in [7, 11) is 0. The molecule has 0 saturated carbocycles. The molecule has 4 aromatic rings. The van der Waals surface area contributed by atoms with Crippen molar-refractivity contribution in [3.05, 3.63) is 138 Å². The predicted octanol–water partition coefficient (Wildman–Crippen LogP) is 5.26. The van der Waals surface area contributed by atoms with Gasteiger partial charge in [-0.25, -0.2) is 4.79 Å². The molecular weight excluding hydrogens is 504 g/mol. The van der Waals surface area contributed by atoms with E-state index in [1.54, 1.807) is 103 Å². The Hall–Kier alpha value is -5.22. The van der Waals surface area contributed by atoms with Gasteiger partial charge in [0.2, 0.25) is 0 Å². The molecule has 1 heterocycles. The molecule has 0 spiro atoms. The van der Waals surface area contributed by atoms with Crippen molar-refractivity contribution in [2.75, 3.05) is 6.61 Å². The Labute approximate surface area is 231 Å². The molecule has 0 aliphatic carbocycles. The molecule has 1 fully saturated rings. The van der Waals surface area contributed by atoms with Gasteiger partial charge in [-0.05, 0) is 35.4 Å². The lowest BCUT2D eigenvalue weighted by Crippen LogP contribution is -2.45. The number of nitriles is 1. The summed E-state index contributed by atoms with van der Waals surface area (Å²) in [4.78, 5) is 42.4. The topological polar surface area (TPSA) is 108 Å². The normalized spacial score (nSPS) is 19.9. The number of hydrogen-bond acceptors (Lipinski definition) is 5. The minimum atomic E-state index is -1.34. The number of aliphatic carboxylic acids is 1. The molecule has 0 aromatic heterocycles. The second kappa shape index (κ2) is 11.7. The molecular formula is C33H26N2O5. The lowest BCUT2D eigenvalue weighted by Gasteiger charge is -2.30. The van der Waals surface area contributed by atoms with Crippen LogP contribution in [0.3, 0.4) is 0 Å². The van der Waals surface area contributed by atoms with Gasteiger partial charge in [-0.1, -0.05) is 91.0 Å². The first kappa shape index (κ1) is 26.4. The van der Waals surface area contributed by atoms with Gasteiger partial charge in [0, 0.05) is 11.5 Å². The highest BCUT2D eigenvalue weighted by atomic mass is 16.5. The van der Waals surface area contributed by atoms with Gasteiger partial charge in [-0.15, -0.1) is 0 Å². The van der Waals surface area contributed by atoms with Gasteiger partial charge in [0.15, 0.2) is 12.4 Å². The summed E-state index contributed by atoms with van der Waals surface area (Å²) in [5.74, 6) is -3.34. The molecule has 1 saturated heterocycles. The van der Waals surface area contributed by atoms with Gasteiger partial charge in [0.1, 0.15) is 11.8 Å². The number of para-hydroxylation sites is 1. The van der Waals surface area contributed by atoms with Gasteiger partial charge in [0.25, 0.3) is 5.91 Å². The van der Waals surface area contributed by atoms with Crippen LogP contribution < -0.4 is 4.74 Å². The van der Waals surface area contributed by atoms with Crippen LogP contribution >= 0.6 is 0 Å². The van der Waals surface area contributed by atoms with Crippen LogP contribution in [0.15, 0.2) is 115 Å². The molecule has 0 radical (unpaired) electrons. The Balaban J connectivity index is 1.67. The molecule has 0 bridgehead atoms. The quantitative estimate of drug-likeness (QED) is 0.312. The van der Waals surface area contributed by atoms with Crippen LogP contribution in [-0.2, 0) is 9.59 Å². The van der Waals surface area contributed by atoms with E-state index in [9.17, 15) is 24.8 Å². The van der Waals surface area contributed by atoms with Gasteiger partial charge in [0.05, 0.1) is 23.6 Å². The number of carbonyl (C=O) groups is 3. The lowest BCUT2D eigenvalue weighted by molar-refractivity contribution is -0.151. The van der Waals surface area contributed by atoms with E-state index in [0.29, 0.717) is 28.0 Å². The minimum Gasteiger partial charge on any atom is -0.484 e. The van der Waals surface area contributed by atoms with E-state index < -0.39 is 42.4 Å². The summed E-state index contributed by atoms with van der Waals surface area (Å²) >= 11 is 0. The van der Waals surface area contributed by atoms with E-state index in [4.69, 9.17) is 4.74 Å². The molecule has 7 nitrogen and oxygen atoms in total. The fourth-order valence-corrected chi connectivity index (χ4v) is 5.52. The van der Waals surface area contributed by atoms with Crippen molar-refractivity contribution in [1.29, 1.82) is 5.26 Å². The van der Waals surface area contributed by atoms with Gasteiger partial charge >= 0.3 is 5.97 Å². The van der Waals surface area contributed by atoms with Gasteiger partial charge < -0.3 is 14.7 Å². The zero-order chi connectivity index (χ0) is 28.1. The first-order valence-electron chi connectivity index (χ1n) is 12.9. The van der Waals surface area contributed by atoms with E-state index in [0.717, 1.165) is 0 Å². The van der Waals surface area contributed by atoms with Crippen molar-refractivity contribution < 1.29 is 24.2 Å². The lowest BCUT2D eigenvalue weighted by atomic mass is 9.76. The Morgan fingerprint density at radius 3 is 1.93 bits per heavy atom. The van der Waals surface area contributed by atoms with Crippen LogP contribution in [-0.4, -0.2) is 40.3 Å². The maximum atomic E-state index is 14.2. The summed E-state index contributed by atoms with van der Waals surface area (Å²) < 4.78 is 5.74. The van der Waals surface area contributed by atoms with E-state index >= 15 is 0 Å². The first-order chi connectivity index (χ1) is 19.5. The number of ketones is 1. The van der Waals surface area contributed by atoms with Crippen LogP contribution in [0.4, 0.5) is 0 Å². The number of likely N-dealkylation sites (tertiary alicyclic amines) is 1. The molecule has 1 aliphatic rings. The third-order valence-electron chi connectivity index (χ3n) is 7.24. The molecule has 4 atom stereocenters. The fraction of sp³-hybridized carbons (Fsp3) is 0.152. The average Bonchev–Trinajstić information content (AvgIpc) is 3.37. The SMILES string of the molecule is N#Cc1ccc(C2C(C(=O)c3ccccc3)C(c3ccccc3)C(C(=O)O)N2C(=O)COc2ccccc2)cc1. The molecule has 4 unspecified atom stereocenters. The molecule has 4 aromatic carbocycles. The molecule has 1 amide bonds. The van der Waals surface area contributed by atoms with Crippen molar-refractivity contribution in [3.63, 3.8) is 0 Å². The zero-order valence-electron chi connectivity index (χ0n) is 21.5. The van der Waals surface area contributed by atoms with Crippen LogP contribution in [0, 0.1) is 17.2 Å². The van der Waals surface area contributed by atoms with Crippen LogP contribution in [0.25, 0.3) is 0 Å². The molecule has 198 valence electrons. The number of carboxylic acids is 1. The highest BCUT2D eigenvalue weighted by Crippen LogP contribution is 2.51. The predicted molar refractivity (Wildman–Crippen MR) is 148 cm³/mol. The summed E-state index contributed by atoms with van der Waals surface area (Å²) in [5.41, 5.74) is 2.03. The summed E-state index contributed by atoms with van der Waals surface area (Å²) in [5, 5.41) is 19.9. The maximum absolute atomic E-state index is 14.2. The van der Waals surface area contributed by atoms with Crippen molar-refractivity contribution >= 4 is 17.7 Å². The summed E-state index contributed by atoms with van der Waals surface area (Å²) in [6, 6.07) is 32.8. The van der Waals surface area contributed by atoms with Crippen molar-refractivity contribution in [2.24, 2.45) is 5.92 Å². The number of amides is 1. The van der Waals surface area contributed by atoms with Crippen LogP contribution in [0.1, 0.15) is 39.0 Å². The standard InChI is InChI=1S/C33H26N2O5/c34-20-22-16-18-24(19-17-22)30-29(32(37)25-12-6-2-7-13-25)28(23-10-4-1-5-11-23)31(33(38)39)35(30)27(36)21-40-26-14-8-3-9-15-26/h1-19,28-31H,21H2,(H,38,39). The maximum Gasteiger partial charge on any atom is 0.327 e. The second-order valence-corrected chi connectivity index (χ2v) is 9.56. The average molecular weight is 531 g/mol. The van der Waals surface area contributed by atoms with E-state index in [1.165, 1.54) is 4.90 Å². The molecule has 1 N–H and O–H groups in total. The van der Waals surface area contributed by atoms with Gasteiger partial charge in [-0.3, -0.25) is 9.59 Å². The molecule has 5 rings (SSSR count). The number of Topliss-reactive ketones (excluding diaryl/α,β-unsaturated/α-hetero) is 1. The number of nitrogens with zero attached hydrogens (tertiary/aromatic N) is 2. The summed E-state index contributed by atoms with van der Waals surface area (Å²) in [6.07, 6.45) is 0. The van der Waals surface area contributed by atoms with Gasteiger partial charge in [-0.2, -0.15) is 5.26 Å². The number of rotatable bonds is 8. The highest BCUT2D eigenvalue weighted by Gasteiger charge is 2.57. The van der Waals surface area contributed by atoms with Crippen molar-refractivity contribution in [1.82, 2.24) is 4.90 Å². The van der Waals surface area contributed by atoms with E-state index in [2.05, 4.69) is 6.07 Å². The third kappa shape index (κ3) is 5.20. The minimum absolute atomic E-state index is 0.269. The van der Waals surface area contributed by atoms with Crippen LogP contribution in [0.5, 0.6) is 5.75 Å². The molecule has 1 aliphatic heterocycles. The van der Waals surface area contributed by atoms with E-state index in [1.807, 2.05) is 12.1 Å². The van der Waals surface area contributed by atoms with Crippen molar-refractivity contribution in [3.8, 4) is 11.8 Å². The monoisotopic (exact) mass is 530 g/mol.